The van der Waals surface area contributed by atoms with Crippen molar-refractivity contribution < 1.29 is 9.72 Å². The molecule has 0 N–H and O–H groups in total. The average Bonchev–Trinajstić information content (AvgIpc) is 3.21. The molecule has 0 saturated carbocycles. The van der Waals surface area contributed by atoms with Crippen LogP contribution in [0.2, 0.25) is 0 Å². The second-order valence-electron chi connectivity index (χ2n) is 7.35. The molecule has 4 rings (SSSR count). The maximum atomic E-state index is 13.3. The van der Waals surface area contributed by atoms with E-state index in [9.17, 15) is 14.9 Å². The summed E-state index contributed by atoms with van der Waals surface area (Å²) >= 11 is 0. The van der Waals surface area contributed by atoms with Gasteiger partial charge in [-0.05, 0) is 56.4 Å². The number of rotatable bonds is 3. The Balaban J connectivity index is 1.72. The first-order valence-electron chi connectivity index (χ1n) is 9.51. The van der Waals surface area contributed by atoms with Crippen molar-refractivity contribution in [1.82, 2.24) is 0 Å². The maximum Gasteiger partial charge on any atom is 0.293 e. The first kappa shape index (κ1) is 17.5. The molecule has 2 aliphatic heterocycles. The summed E-state index contributed by atoms with van der Waals surface area (Å²) in [6.07, 6.45) is 3.91. The van der Waals surface area contributed by atoms with Gasteiger partial charge in [0.2, 0.25) is 0 Å². The Bertz CT molecular complexity index is 890. The lowest BCUT2D eigenvalue weighted by atomic mass is 9.95. The molecule has 1 unspecified atom stereocenters. The van der Waals surface area contributed by atoms with Gasteiger partial charge in [0.25, 0.3) is 11.6 Å². The zero-order chi connectivity index (χ0) is 19.0. The Hall–Kier alpha value is -2.89. The van der Waals surface area contributed by atoms with Gasteiger partial charge < -0.3 is 9.80 Å². The number of amides is 1. The minimum atomic E-state index is -0.377. The largest absolute Gasteiger partial charge is 0.366 e. The summed E-state index contributed by atoms with van der Waals surface area (Å²) in [5.74, 6) is -0.175. The molecule has 6 nitrogen and oxygen atoms in total. The van der Waals surface area contributed by atoms with Crippen LogP contribution in [0.25, 0.3) is 0 Å². The van der Waals surface area contributed by atoms with E-state index >= 15 is 0 Å². The van der Waals surface area contributed by atoms with Gasteiger partial charge in [0, 0.05) is 36.4 Å². The third-order valence-corrected chi connectivity index (χ3v) is 5.61. The van der Waals surface area contributed by atoms with Gasteiger partial charge in [0.1, 0.15) is 5.69 Å². The van der Waals surface area contributed by atoms with Crippen molar-refractivity contribution in [2.45, 2.75) is 38.6 Å². The second kappa shape index (κ2) is 7.02. The molecule has 1 fully saturated rings. The topological polar surface area (TPSA) is 66.7 Å². The highest BCUT2D eigenvalue weighted by molar-refractivity contribution is 6.08. The molecule has 2 heterocycles. The summed E-state index contributed by atoms with van der Waals surface area (Å²) in [4.78, 5) is 28.4. The first-order valence-corrected chi connectivity index (χ1v) is 9.51. The standard InChI is InChI=1S/C21H23N3O3/c1-15-8-9-16-6-2-3-7-18(16)23(15)21(25)17-10-11-19(20(14-17)24(26)27)22-12-4-5-13-22/h2-3,6-7,10-11,14-15H,4-5,8-9,12-13H2,1H3. The van der Waals surface area contributed by atoms with E-state index in [-0.39, 0.29) is 22.6 Å². The number of nitro groups is 1. The summed E-state index contributed by atoms with van der Waals surface area (Å²) in [7, 11) is 0. The third-order valence-electron chi connectivity index (χ3n) is 5.61. The molecule has 1 amide bonds. The summed E-state index contributed by atoms with van der Waals surface area (Å²) in [5, 5.41) is 11.6. The molecule has 0 bridgehead atoms. The number of carbonyl (C=O) groups excluding carboxylic acids is 1. The van der Waals surface area contributed by atoms with E-state index in [1.165, 1.54) is 6.07 Å². The number of benzene rings is 2. The first-order chi connectivity index (χ1) is 13.1. The van der Waals surface area contributed by atoms with Gasteiger partial charge in [-0.25, -0.2) is 0 Å². The van der Waals surface area contributed by atoms with E-state index in [4.69, 9.17) is 0 Å². The second-order valence-corrected chi connectivity index (χ2v) is 7.35. The van der Waals surface area contributed by atoms with Gasteiger partial charge in [-0.15, -0.1) is 0 Å². The van der Waals surface area contributed by atoms with Gasteiger partial charge in [0.05, 0.1) is 4.92 Å². The van der Waals surface area contributed by atoms with Crippen LogP contribution in [0.4, 0.5) is 17.1 Å². The van der Waals surface area contributed by atoms with Crippen LogP contribution in [-0.2, 0) is 6.42 Å². The molecular formula is C21H23N3O3. The fourth-order valence-corrected chi connectivity index (χ4v) is 4.16. The molecule has 2 aromatic carbocycles. The SMILES string of the molecule is CC1CCc2ccccc2N1C(=O)c1ccc(N2CCCC2)c([N+](=O)[O-])c1. The highest BCUT2D eigenvalue weighted by Crippen LogP contribution is 2.35. The van der Waals surface area contributed by atoms with Gasteiger partial charge >= 0.3 is 0 Å². The Morgan fingerprint density at radius 3 is 2.59 bits per heavy atom. The minimum Gasteiger partial charge on any atom is -0.366 e. The Labute approximate surface area is 158 Å². The number of fused-ring (bicyclic) bond motifs is 1. The summed E-state index contributed by atoms with van der Waals surface area (Å²) in [5.41, 5.74) is 3.05. The van der Waals surface area contributed by atoms with Crippen molar-refractivity contribution >= 4 is 23.0 Å². The highest BCUT2D eigenvalue weighted by atomic mass is 16.6. The zero-order valence-electron chi connectivity index (χ0n) is 15.4. The van der Waals surface area contributed by atoms with Crippen LogP contribution >= 0.6 is 0 Å². The number of hydrogen-bond donors (Lipinski definition) is 0. The van der Waals surface area contributed by atoms with Crippen LogP contribution < -0.4 is 9.80 Å². The zero-order valence-corrected chi connectivity index (χ0v) is 15.4. The number of nitro benzene ring substituents is 1. The summed E-state index contributed by atoms with van der Waals surface area (Å²) in [6.45, 7) is 3.68. The molecule has 0 aliphatic carbocycles. The number of nitrogens with zero attached hydrogens (tertiary/aromatic N) is 3. The molecule has 6 heteroatoms. The molecule has 1 saturated heterocycles. The number of aryl methyl sites for hydroxylation is 1. The highest BCUT2D eigenvalue weighted by Gasteiger charge is 2.31. The molecule has 140 valence electrons. The van der Waals surface area contributed by atoms with Crippen LogP contribution in [0.15, 0.2) is 42.5 Å². The molecule has 1 atom stereocenters. The van der Waals surface area contributed by atoms with Crippen LogP contribution in [0, 0.1) is 10.1 Å². The number of carbonyl (C=O) groups is 1. The van der Waals surface area contributed by atoms with E-state index in [2.05, 4.69) is 0 Å². The third kappa shape index (κ3) is 3.16. The predicted molar refractivity (Wildman–Crippen MR) is 106 cm³/mol. The smallest absolute Gasteiger partial charge is 0.293 e. The van der Waals surface area contributed by atoms with Crippen LogP contribution in [-0.4, -0.2) is 30.0 Å². The van der Waals surface area contributed by atoms with Gasteiger partial charge in [0.15, 0.2) is 0 Å². The quantitative estimate of drug-likeness (QED) is 0.605. The Kier molecular flexibility index (Phi) is 4.56. The van der Waals surface area contributed by atoms with Gasteiger partial charge in [-0.3, -0.25) is 14.9 Å². The van der Waals surface area contributed by atoms with E-state index in [0.717, 1.165) is 50.0 Å². The average molecular weight is 365 g/mol. The molecule has 0 radical (unpaired) electrons. The fourth-order valence-electron chi connectivity index (χ4n) is 4.16. The van der Waals surface area contributed by atoms with Crippen molar-refractivity contribution in [1.29, 1.82) is 0 Å². The van der Waals surface area contributed by atoms with Crippen LogP contribution in [0.5, 0.6) is 0 Å². The minimum absolute atomic E-state index is 0.0145. The molecule has 27 heavy (non-hydrogen) atoms. The molecule has 0 aromatic heterocycles. The number of anilines is 2. The van der Waals surface area contributed by atoms with E-state index in [1.54, 1.807) is 17.0 Å². The lowest BCUT2D eigenvalue weighted by molar-refractivity contribution is -0.384. The normalized spacial score (nSPS) is 19.1. The lowest BCUT2D eigenvalue weighted by Crippen LogP contribution is -2.42. The molecule has 0 spiro atoms. The monoisotopic (exact) mass is 365 g/mol. The van der Waals surface area contributed by atoms with Crippen LogP contribution in [0.1, 0.15) is 42.1 Å². The molecule has 2 aromatic rings. The summed E-state index contributed by atoms with van der Waals surface area (Å²) in [6, 6.07) is 12.9. The van der Waals surface area contributed by atoms with E-state index in [0.29, 0.717) is 11.3 Å². The maximum absolute atomic E-state index is 13.3. The molecule has 2 aliphatic rings. The number of para-hydroxylation sites is 1. The van der Waals surface area contributed by atoms with Gasteiger partial charge in [-0.2, -0.15) is 0 Å². The number of hydrogen-bond acceptors (Lipinski definition) is 4. The van der Waals surface area contributed by atoms with Crippen molar-refractivity contribution in [3.05, 3.63) is 63.7 Å². The van der Waals surface area contributed by atoms with Crippen molar-refractivity contribution in [2.24, 2.45) is 0 Å². The Morgan fingerprint density at radius 1 is 1.11 bits per heavy atom. The van der Waals surface area contributed by atoms with Crippen molar-refractivity contribution in [3.63, 3.8) is 0 Å². The van der Waals surface area contributed by atoms with Gasteiger partial charge in [-0.1, -0.05) is 18.2 Å². The predicted octanol–water partition coefficient (Wildman–Crippen LogP) is 4.18. The van der Waals surface area contributed by atoms with Crippen molar-refractivity contribution in [3.8, 4) is 0 Å². The summed E-state index contributed by atoms with van der Waals surface area (Å²) < 4.78 is 0. The van der Waals surface area contributed by atoms with E-state index < -0.39 is 0 Å². The van der Waals surface area contributed by atoms with E-state index in [1.807, 2.05) is 36.1 Å². The molecular weight excluding hydrogens is 342 g/mol. The van der Waals surface area contributed by atoms with Crippen LogP contribution in [0.3, 0.4) is 0 Å². The van der Waals surface area contributed by atoms with Crippen molar-refractivity contribution in [2.75, 3.05) is 22.9 Å². The lowest BCUT2D eigenvalue weighted by Gasteiger charge is -2.35. The fraction of sp³-hybridized carbons (Fsp3) is 0.381. The Morgan fingerprint density at radius 2 is 1.85 bits per heavy atom.